The number of nitrogens with zero attached hydrogens (tertiary/aromatic N) is 2. The molecule has 0 fully saturated rings. The van der Waals surface area contributed by atoms with E-state index in [-0.39, 0.29) is 23.2 Å². The molecule has 0 saturated heterocycles. The Bertz CT molecular complexity index is 1290. The maximum atomic E-state index is 12.9. The Morgan fingerprint density at radius 3 is 2.61 bits per heavy atom. The van der Waals surface area contributed by atoms with Crippen molar-refractivity contribution in [3.8, 4) is 11.3 Å². The molecule has 31 heavy (non-hydrogen) atoms. The summed E-state index contributed by atoms with van der Waals surface area (Å²) in [4.78, 5) is 28.4. The van der Waals surface area contributed by atoms with E-state index < -0.39 is 0 Å². The van der Waals surface area contributed by atoms with Crippen LogP contribution in [0.15, 0.2) is 65.6 Å². The number of aromatic nitrogens is 3. The van der Waals surface area contributed by atoms with Gasteiger partial charge in [0, 0.05) is 13.2 Å². The van der Waals surface area contributed by atoms with Gasteiger partial charge in [0.1, 0.15) is 5.52 Å². The SMILES string of the molecule is COC[C@H](NC(=O)c1cc2c(=O)[nH]c(-c3ccc(C)c(C)c3)cn2n1)c1ccccc1. The number of amides is 1. The average molecular weight is 416 g/mol. The number of fused-ring (bicyclic) bond motifs is 1. The first-order chi connectivity index (χ1) is 15.0. The third-order valence-electron chi connectivity index (χ3n) is 5.36. The number of rotatable bonds is 6. The summed E-state index contributed by atoms with van der Waals surface area (Å²) in [6.45, 7) is 4.38. The van der Waals surface area contributed by atoms with Gasteiger partial charge in [-0.25, -0.2) is 4.52 Å². The van der Waals surface area contributed by atoms with Crippen molar-refractivity contribution < 1.29 is 9.53 Å². The molecule has 0 spiro atoms. The number of carbonyl (C=O) groups excluding carboxylic acids is 1. The van der Waals surface area contributed by atoms with Crippen LogP contribution in [-0.4, -0.2) is 34.2 Å². The van der Waals surface area contributed by atoms with E-state index in [4.69, 9.17) is 4.74 Å². The van der Waals surface area contributed by atoms with Gasteiger partial charge in [-0.1, -0.05) is 42.5 Å². The van der Waals surface area contributed by atoms with Gasteiger partial charge < -0.3 is 15.0 Å². The highest BCUT2D eigenvalue weighted by Crippen LogP contribution is 2.20. The minimum absolute atomic E-state index is 0.166. The second kappa shape index (κ2) is 8.57. The predicted octanol–water partition coefficient (Wildman–Crippen LogP) is 3.42. The van der Waals surface area contributed by atoms with E-state index in [1.165, 1.54) is 16.1 Å². The first-order valence-electron chi connectivity index (χ1n) is 10.0. The minimum Gasteiger partial charge on any atom is -0.382 e. The predicted molar refractivity (Wildman–Crippen MR) is 119 cm³/mol. The van der Waals surface area contributed by atoms with Crippen LogP contribution in [0.3, 0.4) is 0 Å². The minimum atomic E-state index is -0.373. The molecule has 0 saturated carbocycles. The molecule has 2 aromatic carbocycles. The zero-order valence-corrected chi connectivity index (χ0v) is 17.7. The van der Waals surface area contributed by atoms with Crippen molar-refractivity contribution in [3.63, 3.8) is 0 Å². The number of aromatic amines is 1. The summed E-state index contributed by atoms with van der Waals surface area (Å²) in [6, 6.07) is 16.7. The number of aryl methyl sites for hydroxylation is 2. The topological polar surface area (TPSA) is 88.5 Å². The van der Waals surface area contributed by atoms with Crippen molar-refractivity contribution in [3.05, 3.63) is 93.5 Å². The van der Waals surface area contributed by atoms with Crippen LogP contribution in [0, 0.1) is 13.8 Å². The molecular weight excluding hydrogens is 392 g/mol. The fourth-order valence-corrected chi connectivity index (χ4v) is 3.48. The standard InChI is InChI=1S/C24H24N4O3/c1-15-9-10-18(11-16(15)2)20-13-28-22(24(30)25-20)12-19(27-28)23(29)26-21(14-31-3)17-7-5-4-6-8-17/h4-13,21H,14H2,1-3H3,(H,25,30)(H,26,29)/t21-/m0/s1. The molecule has 0 radical (unpaired) electrons. The van der Waals surface area contributed by atoms with Crippen LogP contribution in [0.2, 0.25) is 0 Å². The second-order valence-electron chi connectivity index (χ2n) is 7.55. The maximum absolute atomic E-state index is 12.9. The molecule has 4 aromatic rings. The van der Waals surface area contributed by atoms with E-state index in [2.05, 4.69) is 15.4 Å². The van der Waals surface area contributed by atoms with Crippen LogP contribution in [0.5, 0.6) is 0 Å². The van der Waals surface area contributed by atoms with Crippen LogP contribution in [0.25, 0.3) is 16.8 Å². The molecule has 0 aliphatic carbocycles. The van der Waals surface area contributed by atoms with Gasteiger partial charge in [-0.3, -0.25) is 9.59 Å². The van der Waals surface area contributed by atoms with Gasteiger partial charge >= 0.3 is 0 Å². The Labute approximate surface area is 179 Å². The Hall–Kier alpha value is -3.71. The van der Waals surface area contributed by atoms with Crippen molar-refractivity contribution in [1.82, 2.24) is 19.9 Å². The lowest BCUT2D eigenvalue weighted by Gasteiger charge is -2.17. The van der Waals surface area contributed by atoms with Gasteiger partial charge in [0.25, 0.3) is 11.5 Å². The van der Waals surface area contributed by atoms with Gasteiger partial charge in [-0.15, -0.1) is 0 Å². The quantitative estimate of drug-likeness (QED) is 0.504. The normalized spacial score (nSPS) is 12.1. The number of carbonyl (C=O) groups is 1. The van der Waals surface area contributed by atoms with Gasteiger partial charge in [0.05, 0.1) is 24.5 Å². The molecule has 0 aliphatic rings. The summed E-state index contributed by atoms with van der Waals surface area (Å²) in [5.74, 6) is -0.373. The van der Waals surface area contributed by atoms with Crippen molar-refractivity contribution >= 4 is 11.4 Å². The number of methoxy groups -OCH3 is 1. The maximum Gasteiger partial charge on any atom is 0.274 e. The third-order valence-corrected chi connectivity index (χ3v) is 5.36. The van der Waals surface area contributed by atoms with Gasteiger partial charge in [-0.05, 0) is 42.2 Å². The largest absolute Gasteiger partial charge is 0.382 e. The number of hydrogen-bond donors (Lipinski definition) is 2. The molecule has 158 valence electrons. The highest BCUT2D eigenvalue weighted by Gasteiger charge is 2.19. The van der Waals surface area contributed by atoms with Crippen molar-refractivity contribution in [2.24, 2.45) is 0 Å². The van der Waals surface area contributed by atoms with Crippen molar-refractivity contribution in [2.75, 3.05) is 13.7 Å². The Balaban J connectivity index is 1.65. The highest BCUT2D eigenvalue weighted by molar-refractivity contribution is 5.93. The molecule has 0 unspecified atom stereocenters. The summed E-state index contributed by atoms with van der Waals surface area (Å²) >= 11 is 0. The van der Waals surface area contributed by atoms with Gasteiger partial charge in [0.15, 0.2) is 5.69 Å². The summed E-state index contributed by atoms with van der Waals surface area (Å²) in [5.41, 5.74) is 4.92. The lowest BCUT2D eigenvalue weighted by atomic mass is 10.0. The zero-order chi connectivity index (χ0) is 22.0. The monoisotopic (exact) mass is 416 g/mol. The van der Waals surface area contributed by atoms with E-state index in [0.717, 1.165) is 16.7 Å². The molecule has 2 N–H and O–H groups in total. The molecule has 0 aliphatic heterocycles. The van der Waals surface area contributed by atoms with Crippen LogP contribution < -0.4 is 10.9 Å². The average Bonchev–Trinajstić information content (AvgIpc) is 3.21. The third kappa shape index (κ3) is 4.27. The molecule has 1 amide bonds. The molecule has 7 nitrogen and oxygen atoms in total. The Morgan fingerprint density at radius 2 is 1.90 bits per heavy atom. The van der Waals surface area contributed by atoms with Crippen molar-refractivity contribution in [2.45, 2.75) is 19.9 Å². The fourth-order valence-electron chi connectivity index (χ4n) is 3.48. The first-order valence-corrected chi connectivity index (χ1v) is 10.0. The molecule has 0 bridgehead atoms. The highest BCUT2D eigenvalue weighted by atomic mass is 16.5. The van der Waals surface area contributed by atoms with E-state index in [0.29, 0.717) is 17.8 Å². The number of benzene rings is 2. The summed E-state index contributed by atoms with van der Waals surface area (Å²) in [5, 5.41) is 7.29. The van der Waals surface area contributed by atoms with Crippen LogP contribution in [0.1, 0.15) is 33.2 Å². The fraction of sp³-hybridized carbons (Fsp3) is 0.208. The number of hydrogen-bond acceptors (Lipinski definition) is 4. The van der Waals surface area contributed by atoms with E-state index >= 15 is 0 Å². The molecule has 1 atom stereocenters. The molecule has 2 aromatic heterocycles. The summed E-state index contributed by atoms with van der Waals surface area (Å²) in [7, 11) is 1.58. The van der Waals surface area contributed by atoms with Crippen LogP contribution >= 0.6 is 0 Å². The molecule has 7 heteroatoms. The molecular formula is C24H24N4O3. The number of H-pyrrole nitrogens is 1. The smallest absolute Gasteiger partial charge is 0.274 e. The Morgan fingerprint density at radius 1 is 1.13 bits per heavy atom. The Kier molecular flexibility index (Phi) is 5.68. The molecule has 2 heterocycles. The van der Waals surface area contributed by atoms with Gasteiger partial charge in [0.2, 0.25) is 0 Å². The summed E-state index contributed by atoms with van der Waals surface area (Å²) in [6.07, 6.45) is 1.72. The lowest BCUT2D eigenvalue weighted by molar-refractivity contribution is 0.0891. The second-order valence-corrected chi connectivity index (χ2v) is 7.55. The zero-order valence-electron chi connectivity index (χ0n) is 17.7. The summed E-state index contributed by atoms with van der Waals surface area (Å²) < 4.78 is 6.71. The van der Waals surface area contributed by atoms with E-state index in [9.17, 15) is 9.59 Å². The lowest BCUT2D eigenvalue weighted by Crippen LogP contribution is -2.31. The molecule has 4 rings (SSSR count). The van der Waals surface area contributed by atoms with E-state index in [1.807, 2.05) is 62.4 Å². The van der Waals surface area contributed by atoms with Crippen LogP contribution in [0.4, 0.5) is 0 Å². The van der Waals surface area contributed by atoms with Crippen LogP contribution in [-0.2, 0) is 4.74 Å². The van der Waals surface area contributed by atoms with Gasteiger partial charge in [-0.2, -0.15) is 5.10 Å². The number of nitrogens with one attached hydrogen (secondary N) is 2. The van der Waals surface area contributed by atoms with E-state index in [1.54, 1.807) is 13.3 Å². The van der Waals surface area contributed by atoms with Crippen molar-refractivity contribution in [1.29, 1.82) is 0 Å². The first kappa shape index (κ1) is 20.6. The number of ether oxygens (including phenoxy) is 1.